The fourth-order valence-corrected chi connectivity index (χ4v) is 2.99. The number of hydrogen-bond donors (Lipinski definition) is 1. The maximum Gasteiger partial charge on any atom is 0.0294 e. The Morgan fingerprint density at radius 1 is 1.05 bits per heavy atom. The predicted octanol–water partition coefficient (Wildman–Crippen LogP) is 4.45. The van der Waals surface area contributed by atoms with Crippen molar-refractivity contribution in [3.05, 3.63) is 59.2 Å². The average molecular weight is 251 g/mol. The van der Waals surface area contributed by atoms with Crippen LogP contribution in [0.4, 0.5) is 0 Å². The van der Waals surface area contributed by atoms with Crippen molar-refractivity contribution in [1.29, 1.82) is 0 Å². The first-order chi connectivity index (χ1) is 9.29. The van der Waals surface area contributed by atoms with Gasteiger partial charge in [0.2, 0.25) is 0 Å². The van der Waals surface area contributed by atoms with Crippen LogP contribution in [0.3, 0.4) is 0 Å². The van der Waals surface area contributed by atoms with Crippen LogP contribution in [0.2, 0.25) is 0 Å². The maximum atomic E-state index is 6.28. The van der Waals surface area contributed by atoms with Gasteiger partial charge in [-0.1, -0.05) is 62.2 Å². The molecule has 0 amide bonds. The van der Waals surface area contributed by atoms with Gasteiger partial charge in [-0.25, -0.2) is 0 Å². The van der Waals surface area contributed by atoms with Gasteiger partial charge < -0.3 is 5.73 Å². The maximum absolute atomic E-state index is 6.28. The van der Waals surface area contributed by atoms with Gasteiger partial charge in [-0.3, -0.25) is 0 Å². The summed E-state index contributed by atoms with van der Waals surface area (Å²) in [6.45, 7) is 2.21. The number of benzene rings is 2. The lowest BCUT2D eigenvalue weighted by Crippen LogP contribution is -2.10. The summed E-state index contributed by atoms with van der Waals surface area (Å²) in [5, 5.41) is 0. The molecule has 1 heteroatoms. The molecule has 0 bridgehead atoms. The average Bonchev–Trinajstić information content (AvgIpc) is 2.82. The van der Waals surface area contributed by atoms with Crippen LogP contribution in [-0.4, -0.2) is 0 Å². The SMILES string of the molecule is CCCC[C@H](N)c1ccc2c(c1)Cc1ccccc1-2. The molecule has 0 saturated heterocycles. The van der Waals surface area contributed by atoms with E-state index in [1.54, 1.807) is 0 Å². The van der Waals surface area contributed by atoms with Gasteiger partial charge in [-0.15, -0.1) is 0 Å². The summed E-state index contributed by atoms with van der Waals surface area (Å²) in [6.07, 6.45) is 4.56. The van der Waals surface area contributed by atoms with Crippen LogP contribution in [0.15, 0.2) is 42.5 Å². The van der Waals surface area contributed by atoms with Gasteiger partial charge in [0.15, 0.2) is 0 Å². The molecule has 2 N–H and O–H groups in total. The first-order valence-corrected chi connectivity index (χ1v) is 7.26. The molecule has 1 nitrogen and oxygen atoms in total. The Kier molecular flexibility index (Phi) is 3.39. The van der Waals surface area contributed by atoms with Crippen LogP contribution in [-0.2, 0) is 6.42 Å². The molecule has 0 fully saturated rings. The Hall–Kier alpha value is -1.60. The highest BCUT2D eigenvalue weighted by Crippen LogP contribution is 2.37. The second-order valence-corrected chi connectivity index (χ2v) is 5.50. The minimum atomic E-state index is 0.189. The molecule has 0 heterocycles. The highest BCUT2D eigenvalue weighted by Gasteiger charge is 2.18. The number of nitrogens with two attached hydrogens (primary N) is 1. The third-order valence-electron chi connectivity index (χ3n) is 4.11. The molecule has 1 aliphatic rings. The Labute approximate surface area is 115 Å². The summed E-state index contributed by atoms with van der Waals surface area (Å²) in [5.74, 6) is 0. The quantitative estimate of drug-likeness (QED) is 0.728. The van der Waals surface area contributed by atoms with Crippen LogP contribution in [0, 0.1) is 0 Å². The van der Waals surface area contributed by atoms with E-state index in [1.807, 2.05) is 0 Å². The standard InChI is InChI=1S/C18H21N/c1-2-3-8-18(19)14-9-10-17-15(12-14)11-13-6-4-5-7-16(13)17/h4-7,9-10,12,18H,2-3,8,11,19H2,1H3/t18-/m0/s1. The summed E-state index contributed by atoms with van der Waals surface area (Å²) >= 11 is 0. The Balaban J connectivity index is 1.89. The summed E-state index contributed by atoms with van der Waals surface area (Å²) in [7, 11) is 0. The van der Waals surface area contributed by atoms with Crippen molar-refractivity contribution in [2.75, 3.05) is 0 Å². The van der Waals surface area contributed by atoms with Crippen LogP contribution in [0.5, 0.6) is 0 Å². The molecule has 2 aromatic carbocycles. The van der Waals surface area contributed by atoms with Crippen LogP contribution >= 0.6 is 0 Å². The van der Waals surface area contributed by atoms with E-state index in [1.165, 1.54) is 40.7 Å². The third kappa shape index (κ3) is 2.31. The Morgan fingerprint density at radius 2 is 1.84 bits per heavy atom. The van der Waals surface area contributed by atoms with Crippen LogP contribution in [0.1, 0.15) is 48.9 Å². The van der Waals surface area contributed by atoms with Crippen LogP contribution in [0.25, 0.3) is 11.1 Å². The zero-order valence-electron chi connectivity index (χ0n) is 11.5. The monoisotopic (exact) mass is 251 g/mol. The molecule has 98 valence electrons. The molecule has 2 aromatic rings. The van der Waals surface area contributed by atoms with Gasteiger partial charge in [0.05, 0.1) is 0 Å². The molecule has 0 saturated carbocycles. The van der Waals surface area contributed by atoms with Crippen molar-refractivity contribution in [2.24, 2.45) is 5.73 Å². The summed E-state index contributed by atoms with van der Waals surface area (Å²) in [4.78, 5) is 0. The van der Waals surface area contributed by atoms with Crippen molar-refractivity contribution in [1.82, 2.24) is 0 Å². The molecule has 0 aromatic heterocycles. The van der Waals surface area contributed by atoms with Crippen molar-refractivity contribution < 1.29 is 0 Å². The van der Waals surface area contributed by atoms with Crippen molar-refractivity contribution in [2.45, 2.75) is 38.6 Å². The van der Waals surface area contributed by atoms with Gasteiger partial charge >= 0.3 is 0 Å². The molecule has 0 spiro atoms. The van der Waals surface area contributed by atoms with Crippen LogP contribution < -0.4 is 5.73 Å². The topological polar surface area (TPSA) is 26.0 Å². The highest BCUT2D eigenvalue weighted by atomic mass is 14.6. The number of fused-ring (bicyclic) bond motifs is 3. The minimum Gasteiger partial charge on any atom is -0.324 e. The van der Waals surface area contributed by atoms with Gasteiger partial charge in [-0.2, -0.15) is 0 Å². The van der Waals surface area contributed by atoms with Gasteiger partial charge in [0.1, 0.15) is 0 Å². The third-order valence-corrected chi connectivity index (χ3v) is 4.11. The van der Waals surface area contributed by atoms with Crippen molar-refractivity contribution in [3.63, 3.8) is 0 Å². The van der Waals surface area contributed by atoms with E-state index in [0.717, 1.165) is 12.8 Å². The highest BCUT2D eigenvalue weighted by molar-refractivity contribution is 5.76. The van der Waals surface area contributed by atoms with E-state index < -0.39 is 0 Å². The molecule has 1 atom stereocenters. The zero-order chi connectivity index (χ0) is 13.2. The smallest absolute Gasteiger partial charge is 0.0294 e. The lowest BCUT2D eigenvalue weighted by atomic mass is 9.97. The number of hydrogen-bond acceptors (Lipinski definition) is 1. The summed E-state index contributed by atoms with van der Waals surface area (Å²) < 4.78 is 0. The predicted molar refractivity (Wildman–Crippen MR) is 81.1 cm³/mol. The molecule has 0 unspecified atom stereocenters. The first kappa shape index (κ1) is 12.4. The Bertz CT molecular complexity index is 586. The van der Waals surface area contributed by atoms with E-state index in [-0.39, 0.29) is 6.04 Å². The second-order valence-electron chi connectivity index (χ2n) is 5.50. The lowest BCUT2D eigenvalue weighted by molar-refractivity contribution is 0.603. The Morgan fingerprint density at radius 3 is 2.68 bits per heavy atom. The summed E-state index contributed by atoms with van der Waals surface area (Å²) in [5.41, 5.74) is 13.2. The van der Waals surface area contributed by atoms with Crippen molar-refractivity contribution >= 4 is 0 Å². The lowest BCUT2D eigenvalue weighted by Gasteiger charge is -2.13. The molecule has 1 aliphatic carbocycles. The fraction of sp³-hybridized carbons (Fsp3) is 0.333. The molecular weight excluding hydrogens is 230 g/mol. The molecule has 19 heavy (non-hydrogen) atoms. The number of rotatable bonds is 4. The largest absolute Gasteiger partial charge is 0.324 e. The normalized spacial score (nSPS) is 14.0. The number of unbranched alkanes of at least 4 members (excludes halogenated alkanes) is 1. The first-order valence-electron chi connectivity index (χ1n) is 7.26. The molecular formula is C18H21N. The van der Waals surface area contributed by atoms with E-state index in [9.17, 15) is 0 Å². The van der Waals surface area contributed by atoms with E-state index in [2.05, 4.69) is 49.4 Å². The second kappa shape index (κ2) is 5.18. The molecule has 0 aliphatic heterocycles. The summed E-state index contributed by atoms with van der Waals surface area (Å²) in [6, 6.07) is 15.7. The van der Waals surface area contributed by atoms with Gasteiger partial charge in [-0.05, 0) is 40.7 Å². The van der Waals surface area contributed by atoms with E-state index >= 15 is 0 Å². The van der Waals surface area contributed by atoms with Crippen molar-refractivity contribution in [3.8, 4) is 11.1 Å². The zero-order valence-corrected chi connectivity index (χ0v) is 11.5. The fourth-order valence-electron chi connectivity index (χ4n) is 2.99. The minimum absolute atomic E-state index is 0.189. The van der Waals surface area contributed by atoms with Gasteiger partial charge in [0, 0.05) is 6.04 Å². The van der Waals surface area contributed by atoms with E-state index in [0.29, 0.717) is 0 Å². The molecule has 3 rings (SSSR count). The van der Waals surface area contributed by atoms with Gasteiger partial charge in [0.25, 0.3) is 0 Å². The molecule has 0 radical (unpaired) electrons. The van der Waals surface area contributed by atoms with E-state index in [4.69, 9.17) is 5.73 Å².